The number of nitrogens with zero attached hydrogens (tertiary/aromatic N) is 1. The highest BCUT2D eigenvalue weighted by atomic mass is 79.9. The second-order valence-electron chi connectivity index (χ2n) is 8.58. The number of aryl methyl sites for hydroxylation is 1. The van der Waals surface area contributed by atoms with E-state index in [1.54, 1.807) is 43.3 Å². The number of ether oxygens (including phenoxy) is 2. The molecule has 5 amide bonds. The van der Waals surface area contributed by atoms with E-state index in [0.29, 0.717) is 26.3 Å². The summed E-state index contributed by atoms with van der Waals surface area (Å²) in [5, 5.41) is 5.31. The summed E-state index contributed by atoms with van der Waals surface area (Å²) in [4.78, 5) is 51.7. The molecule has 11 heteroatoms. The fraction of sp³-hybridized carbons (Fsp3) is 0.143. The van der Waals surface area contributed by atoms with Gasteiger partial charge >= 0.3 is 6.03 Å². The largest absolute Gasteiger partial charge is 0.493 e. The van der Waals surface area contributed by atoms with Crippen LogP contribution < -0.4 is 25.0 Å². The predicted molar refractivity (Wildman–Crippen MR) is 151 cm³/mol. The zero-order valence-electron chi connectivity index (χ0n) is 21.1. The molecule has 200 valence electrons. The number of rotatable bonds is 7. The standard InChI is InChI=1S/C28H23BrClN3O6/c1-15-7-9-18(10-8-15)31-24(34)14-39-25-20(29)12-17(13-23(25)38-3)11-19-26(35)32-28(37)33(27(19)36)22-6-4-5-21(30)16(22)2/h4-13H,14H2,1-3H3,(H,31,34)(H,32,35,37)/b19-11+. The number of halogens is 2. The van der Waals surface area contributed by atoms with Gasteiger partial charge in [-0.1, -0.05) is 35.4 Å². The number of carbonyl (C=O) groups is 4. The van der Waals surface area contributed by atoms with Gasteiger partial charge in [-0.25, -0.2) is 9.69 Å². The summed E-state index contributed by atoms with van der Waals surface area (Å²) in [6, 6.07) is 14.4. The van der Waals surface area contributed by atoms with Gasteiger partial charge in [0.15, 0.2) is 18.1 Å². The van der Waals surface area contributed by atoms with Gasteiger partial charge < -0.3 is 14.8 Å². The summed E-state index contributed by atoms with van der Waals surface area (Å²) in [5.74, 6) is -1.52. The molecule has 0 saturated carbocycles. The number of carbonyl (C=O) groups excluding carboxylic acids is 4. The third-order valence-electron chi connectivity index (χ3n) is 5.83. The number of benzene rings is 3. The van der Waals surface area contributed by atoms with Crippen molar-refractivity contribution in [3.63, 3.8) is 0 Å². The van der Waals surface area contributed by atoms with Crippen LogP contribution in [-0.2, 0) is 14.4 Å². The lowest BCUT2D eigenvalue weighted by Gasteiger charge is -2.27. The predicted octanol–water partition coefficient (Wildman–Crippen LogP) is 5.41. The highest BCUT2D eigenvalue weighted by Crippen LogP contribution is 2.38. The molecular formula is C28H23BrClN3O6. The molecule has 0 radical (unpaired) electrons. The molecule has 1 aliphatic rings. The van der Waals surface area contributed by atoms with Crippen LogP contribution in [0.15, 0.2) is 64.6 Å². The van der Waals surface area contributed by atoms with Crippen molar-refractivity contribution in [1.82, 2.24) is 5.32 Å². The smallest absolute Gasteiger partial charge is 0.335 e. The number of hydrogen-bond donors (Lipinski definition) is 2. The Morgan fingerprint density at radius 2 is 1.82 bits per heavy atom. The van der Waals surface area contributed by atoms with Crippen molar-refractivity contribution in [1.29, 1.82) is 0 Å². The lowest BCUT2D eigenvalue weighted by molar-refractivity contribution is -0.122. The van der Waals surface area contributed by atoms with Gasteiger partial charge in [0.2, 0.25) is 0 Å². The zero-order valence-corrected chi connectivity index (χ0v) is 23.5. The average molecular weight is 613 g/mol. The zero-order chi connectivity index (χ0) is 28.3. The lowest BCUT2D eigenvalue weighted by atomic mass is 10.1. The molecule has 0 aliphatic carbocycles. The van der Waals surface area contributed by atoms with Crippen LogP contribution in [0.3, 0.4) is 0 Å². The van der Waals surface area contributed by atoms with Crippen molar-refractivity contribution in [3.8, 4) is 11.5 Å². The van der Waals surface area contributed by atoms with E-state index in [-0.39, 0.29) is 35.3 Å². The van der Waals surface area contributed by atoms with Crippen molar-refractivity contribution in [2.45, 2.75) is 13.8 Å². The molecule has 4 rings (SSSR count). The van der Waals surface area contributed by atoms with Crippen LogP contribution in [0.1, 0.15) is 16.7 Å². The van der Waals surface area contributed by atoms with Crippen LogP contribution >= 0.6 is 27.5 Å². The molecule has 1 fully saturated rings. The highest BCUT2D eigenvalue weighted by molar-refractivity contribution is 9.10. The maximum Gasteiger partial charge on any atom is 0.335 e. The minimum atomic E-state index is -0.876. The third-order valence-corrected chi connectivity index (χ3v) is 6.83. The Balaban J connectivity index is 1.57. The fourth-order valence-electron chi connectivity index (χ4n) is 3.82. The minimum absolute atomic E-state index is 0.252. The molecule has 3 aromatic carbocycles. The minimum Gasteiger partial charge on any atom is -0.493 e. The monoisotopic (exact) mass is 611 g/mol. The topological polar surface area (TPSA) is 114 Å². The molecule has 0 unspecified atom stereocenters. The van der Waals surface area contributed by atoms with Crippen LogP contribution in [0.5, 0.6) is 11.5 Å². The van der Waals surface area contributed by atoms with Crippen molar-refractivity contribution in [2.75, 3.05) is 23.9 Å². The first-order valence-electron chi connectivity index (χ1n) is 11.6. The van der Waals surface area contributed by atoms with Crippen LogP contribution in [0, 0.1) is 13.8 Å². The molecule has 3 aromatic rings. The second kappa shape index (κ2) is 11.7. The Morgan fingerprint density at radius 1 is 1.10 bits per heavy atom. The summed E-state index contributed by atoms with van der Waals surface area (Å²) in [5.41, 5.74) is 2.61. The number of hydrogen-bond acceptors (Lipinski definition) is 6. The molecule has 39 heavy (non-hydrogen) atoms. The maximum atomic E-state index is 13.3. The van der Waals surface area contributed by atoms with Gasteiger partial charge in [-0.2, -0.15) is 0 Å². The van der Waals surface area contributed by atoms with Gasteiger partial charge in [-0.3, -0.25) is 19.7 Å². The molecule has 1 saturated heterocycles. The summed E-state index contributed by atoms with van der Waals surface area (Å²) in [6.07, 6.45) is 1.33. The van der Waals surface area contributed by atoms with E-state index in [1.807, 2.05) is 19.1 Å². The first-order chi connectivity index (χ1) is 18.6. The van der Waals surface area contributed by atoms with Gasteiger partial charge in [-0.05, 0) is 83.4 Å². The molecule has 0 spiro atoms. The number of imide groups is 2. The summed E-state index contributed by atoms with van der Waals surface area (Å²) < 4.78 is 11.5. The number of barbiturate groups is 1. The van der Waals surface area contributed by atoms with Crippen LogP contribution in [0.2, 0.25) is 5.02 Å². The number of urea groups is 1. The van der Waals surface area contributed by atoms with E-state index in [9.17, 15) is 19.2 Å². The molecule has 0 bridgehead atoms. The van der Waals surface area contributed by atoms with E-state index in [1.165, 1.54) is 19.3 Å². The van der Waals surface area contributed by atoms with Gasteiger partial charge in [0.05, 0.1) is 17.3 Å². The van der Waals surface area contributed by atoms with Crippen LogP contribution in [0.4, 0.5) is 16.2 Å². The van der Waals surface area contributed by atoms with Gasteiger partial charge in [0.25, 0.3) is 17.7 Å². The fourth-order valence-corrected chi connectivity index (χ4v) is 4.56. The van der Waals surface area contributed by atoms with E-state index >= 15 is 0 Å². The number of nitrogens with one attached hydrogen (secondary N) is 2. The Morgan fingerprint density at radius 3 is 2.51 bits per heavy atom. The first-order valence-corrected chi connectivity index (χ1v) is 12.8. The van der Waals surface area contributed by atoms with Crippen LogP contribution in [0.25, 0.3) is 6.08 Å². The Hall–Kier alpha value is -4.15. The Kier molecular flexibility index (Phi) is 8.37. The van der Waals surface area contributed by atoms with Gasteiger partial charge in [0, 0.05) is 10.7 Å². The number of amides is 5. The van der Waals surface area contributed by atoms with Gasteiger partial charge in [0.1, 0.15) is 5.57 Å². The van der Waals surface area contributed by atoms with Crippen molar-refractivity contribution < 1.29 is 28.7 Å². The molecule has 0 aromatic heterocycles. The third kappa shape index (κ3) is 6.13. The molecule has 9 nitrogen and oxygen atoms in total. The van der Waals surface area contributed by atoms with E-state index in [4.69, 9.17) is 21.1 Å². The van der Waals surface area contributed by atoms with E-state index < -0.39 is 17.8 Å². The lowest BCUT2D eigenvalue weighted by Crippen LogP contribution is -2.54. The molecule has 2 N–H and O–H groups in total. The van der Waals surface area contributed by atoms with Gasteiger partial charge in [-0.15, -0.1) is 0 Å². The summed E-state index contributed by atoms with van der Waals surface area (Å²) in [7, 11) is 1.42. The Labute approximate surface area is 237 Å². The number of anilines is 2. The quantitative estimate of drug-likeness (QED) is 0.272. The average Bonchev–Trinajstić information content (AvgIpc) is 2.89. The summed E-state index contributed by atoms with van der Waals surface area (Å²) >= 11 is 9.58. The maximum absolute atomic E-state index is 13.3. The van der Waals surface area contributed by atoms with Crippen molar-refractivity contribution in [3.05, 3.63) is 86.4 Å². The van der Waals surface area contributed by atoms with E-state index in [0.717, 1.165) is 10.5 Å². The molecule has 1 heterocycles. The van der Waals surface area contributed by atoms with Crippen LogP contribution in [-0.4, -0.2) is 37.5 Å². The summed E-state index contributed by atoms with van der Waals surface area (Å²) in [6.45, 7) is 3.32. The van der Waals surface area contributed by atoms with Crippen molar-refractivity contribution in [2.24, 2.45) is 0 Å². The molecular weight excluding hydrogens is 590 g/mol. The normalized spacial score (nSPS) is 14.3. The number of methoxy groups -OCH3 is 1. The first kappa shape index (κ1) is 27.9. The Bertz CT molecular complexity index is 1520. The SMILES string of the molecule is COc1cc(/C=C2\C(=O)NC(=O)N(c3cccc(Cl)c3C)C2=O)cc(Br)c1OCC(=O)Nc1ccc(C)cc1. The van der Waals surface area contributed by atoms with Crippen molar-refractivity contribution >= 4 is 68.7 Å². The second-order valence-corrected chi connectivity index (χ2v) is 9.84. The highest BCUT2D eigenvalue weighted by Gasteiger charge is 2.37. The molecule has 0 atom stereocenters. The van der Waals surface area contributed by atoms with E-state index in [2.05, 4.69) is 26.6 Å². The molecule has 1 aliphatic heterocycles.